The summed E-state index contributed by atoms with van der Waals surface area (Å²) >= 11 is 4.10. The number of benzene rings is 2. The number of carbonyl (C=O) groups excluding carboxylic acids is 3. The Bertz CT molecular complexity index is 1460. The molecule has 0 radical (unpaired) electrons. The van der Waals surface area contributed by atoms with Crippen molar-refractivity contribution in [3.05, 3.63) is 64.3 Å². The standard InChI is InChI=1S/C27H26BrF4N3O7S/c1-13(40-15(3)37)24(12-39-14(2)36)42-27(43-25-9-18(28)5-6-19(25)29)23(41-16(4)38)11-35-10-22(33-34-35)17-7-20(30)26(32)21(31)8-17/h5-10,13,23-24,27H,11-12H2,1-4H3/t13-,23+,24?,27?/m1/s1. The van der Waals surface area contributed by atoms with E-state index in [4.69, 9.17) is 18.9 Å². The van der Waals surface area contributed by atoms with Gasteiger partial charge in [-0.15, -0.1) is 5.10 Å². The third-order valence-electron chi connectivity index (χ3n) is 5.58. The van der Waals surface area contributed by atoms with Gasteiger partial charge in [-0.05, 0) is 37.3 Å². The molecule has 0 bridgehead atoms. The maximum absolute atomic E-state index is 14.8. The summed E-state index contributed by atoms with van der Waals surface area (Å²) in [5.74, 6) is -7.17. The summed E-state index contributed by atoms with van der Waals surface area (Å²) in [6.07, 6.45) is -2.04. The predicted molar refractivity (Wildman–Crippen MR) is 147 cm³/mol. The average molecular weight is 692 g/mol. The first-order chi connectivity index (χ1) is 20.2. The molecule has 4 atom stereocenters. The van der Waals surface area contributed by atoms with Gasteiger partial charge in [-0.3, -0.25) is 14.4 Å². The highest BCUT2D eigenvalue weighted by Gasteiger charge is 2.34. The molecule has 1 aromatic heterocycles. The van der Waals surface area contributed by atoms with E-state index in [1.165, 1.54) is 49.8 Å². The van der Waals surface area contributed by atoms with E-state index >= 15 is 0 Å². The number of carbonyl (C=O) groups is 3. The average Bonchev–Trinajstić information content (AvgIpc) is 3.38. The van der Waals surface area contributed by atoms with Gasteiger partial charge in [0, 0.05) is 35.7 Å². The topological polar surface area (TPSA) is 119 Å². The molecule has 10 nitrogen and oxygen atoms in total. The van der Waals surface area contributed by atoms with E-state index in [9.17, 15) is 31.9 Å². The van der Waals surface area contributed by atoms with Crippen molar-refractivity contribution >= 4 is 45.6 Å². The third kappa shape index (κ3) is 10.0. The largest absolute Gasteiger partial charge is 0.463 e. The lowest BCUT2D eigenvalue weighted by Gasteiger charge is -2.32. The van der Waals surface area contributed by atoms with E-state index in [0.29, 0.717) is 4.47 Å². The fourth-order valence-electron chi connectivity index (χ4n) is 3.68. The van der Waals surface area contributed by atoms with Crippen molar-refractivity contribution in [2.24, 2.45) is 0 Å². The van der Waals surface area contributed by atoms with E-state index in [1.54, 1.807) is 0 Å². The molecule has 0 aliphatic heterocycles. The van der Waals surface area contributed by atoms with Crippen LogP contribution in [0, 0.1) is 23.3 Å². The molecule has 0 aliphatic rings. The lowest BCUT2D eigenvalue weighted by atomic mass is 10.1. The Labute approximate surface area is 256 Å². The van der Waals surface area contributed by atoms with Crippen molar-refractivity contribution in [2.75, 3.05) is 6.61 Å². The number of hydrogen-bond donors (Lipinski definition) is 0. The minimum atomic E-state index is -1.64. The van der Waals surface area contributed by atoms with Crippen LogP contribution in [0.15, 0.2) is 45.9 Å². The molecule has 0 saturated heterocycles. The van der Waals surface area contributed by atoms with E-state index in [-0.39, 0.29) is 29.3 Å². The highest BCUT2D eigenvalue weighted by Crippen LogP contribution is 2.34. The number of rotatable bonds is 13. The molecule has 0 saturated carbocycles. The monoisotopic (exact) mass is 691 g/mol. The SMILES string of the molecule is CC(=O)OCC(OC(Sc1cc(Br)ccc1F)[C@H](Cn1cc(-c2cc(F)c(F)c(F)c2)nn1)OC(C)=O)[C@@H](C)OC(C)=O. The summed E-state index contributed by atoms with van der Waals surface area (Å²) in [5, 5.41) is 7.77. The van der Waals surface area contributed by atoms with Crippen LogP contribution in [0.25, 0.3) is 11.3 Å². The number of halogens is 5. The summed E-state index contributed by atoms with van der Waals surface area (Å²) in [6, 6.07) is 5.62. The minimum absolute atomic E-state index is 0.0289. The molecule has 2 aromatic carbocycles. The lowest BCUT2D eigenvalue weighted by molar-refractivity contribution is -0.170. The molecule has 232 valence electrons. The van der Waals surface area contributed by atoms with Gasteiger partial charge in [-0.2, -0.15) is 0 Å². The quantitative estimate of drug-likeness (QED) is 0.0590. The van der Waals surface area contributed by atoms with E-state index in [1.807, 2.05) is 0 Å². The zero-order valence-corrected chi connectivity index (χ0v) is 25.6. The van der Waals surface area contributed by atoms with Crippen LogP contribution in [0.4, 0.5) is 17.6 Å². The number of aromatic nitrogens is 3. The first-order valence-electron chi connectivity index (χ1n) is 12.5. The predicted octanol–water partition coefficient (Wildman–Crippen LogP) is 5.21. The number of thioether (sulfide) groups is 1. The van der Waals surface area contributed by atoms with E-state index in [0.717, 1.165) is 30.8 Å². The minimum Gasteiger partial charge on any atom is -0.463 e. The van der Waals surface area contributed by atoms with Crippen molar-refractivity contribution in [2.45, 2.75) is 62.9 Å². The maximum Gasteiger partial charge on any atom is 0.303 e. The van der Waals surface area contributed by atoms with Gasteiger partial charge in [0.15, 0.2) is 23.6 Å². The molecule has 43 heavy (non-hydrogen) atoms. The summed E-state index contributed by atoms with van der Waals surface area (Å²) in [5.41, 5.74) is -1.37. The normalized spacial score (nSPS) is 14.0. The second-order valence-electron chi connectivity index (χ2n) is 9.08. The van der Waals surface area contributed by atoms with Crippen LogP contribution >= 0.6 is 27.7 Å². The molecule has 2 unspecified atom stereocenters. The second-order valence-corrected chi connectivity index (χ2v) is 11.1. The van der Waals surface area contributed by atoms with Gasteiger partial charge < -0.3 is 18.9 Å². The lowest BCUT2D eigenvalue weighted by Crippen LogP contribution is -2.43. The van der Waals surface area contributed by atoms with Crippen molar-refractivity contribution < 1.29 is 50.9 Å². The Hall–Kier alpha value is -3.50. The van der Waals surface area contributed by atoms with Crippen LogP contribution in [0.1, 0.15) is 27.7 Å². The van der Waals surface area contributed by atoms with Gasteiger partial charge in [-0.25, -0.2) is 22.2 Å². The van der Waals surface area contributed by atoms with E-state index in [2.05, 4.69) is 26.2 Å². The molecular formula is C27H26BrF4N3O7S. The summed E-state index contributed by atoms with van der Waals surface area (Å²) < 4.78 is 79.6. The molecule has 3 aromatic rings. The highest BCUT2D eigenvalue weighted by molar-refractivity contribution is 9.10. The molecule has 0 fully saturated rings. The van der Waals surface area contributed by atoms with Gasteiger partial charge in [0.2, 0.25) is 0 Å². The van der Waals surface area contributed by atoms with Gasteiger partial charge in [0.1, 0.15) is 35.8 Å². The van der Waals surface area contributed by atoms with Crippen LogP contribution in [-0.4, -0.2) is 63.3 Å². The molecule has 16 heteroatoms. The van der Waals surface area contributed by atoms with Crippen LogP contribution in [0.5, 0.6) is 0 Å². The Morgan fingerprint density at radius 2 is 1.58 bits per heavy atom. The van der Waals surface area contributed by atoms with Crippen LogP contribution in [0.3, 0.4) is 0 Å². The number of ether oxygens (including phenoxy) is 4. The molecule has 0 aliphatic carbocycles. The number of nitrogens with zero attached hydrogens (tertiary/aromatic N) is 3. The Balaban J connectivity index is 2.00. The smallest absolute Gasteiger partial charge is 0.303 e. The zero-order chi connectivity index (χ0) is 31.8. The van der Waals surface area contributed by atoms with Crippen LogP contribution in [-0.2, 0) is 39.9 Å². The Kier molecular flexibility index (Phi) is 12.1. The second kappa shape index (κ2) is 15.3. The summed E-state index contributed by atoms with van der Waals surface area (Å²) in [6.45, 7) is 4.31. The van der Waals surface area contributed by atoms with Crippen molar-refractivity contribution in [3.63, 3.8) is 0 Å². The van der Waals surface area contributed by atoms with Crippen molar-refractivity contribution in [1.29, 1.82) is 0 Å². The fraction of sp³-hybridized carbons (Fsp3) is 0.370. The summed E-state index contributed by atoms with van der Waals surface area (Å²) in [7, 11) is 0. The van der Waals surface area contributed by atoms with Crippen molar-refractivity contribution in [1.82, 2.24) is 15.0 Å². The van der Waals surface area contributed by atoms with Crippen molar-refractivity contribution in [3.8, 4) is 11.3 Å². The first kappa shape index (κ1) is 34.0. The molecule has 0 N–H and O–H groups in total. The van der Waals surface area contributed by atoms with Crippen LogP contribution in [0.2, 0.25) is 0 Å². The third-order valence-corrected chi connectivity index (χ3v) is 7.28. The van der Waals surface area contributed by atoms with Gasteiger partial charge >= 0.3 is 17.9 Å². The molecular weight excluding hydrogens is 666 g/mol. The number of esters is 3. The molecule has 0 spiro atoms. The molecule has 1 heterocycles. The first-order valence-corrected chi connectivity index (χ1v) is 14.2. The Morgan fingerprint density at radius 1 is 0.930 bits per heavy atom. The highest BCUT2D eigenvalue weighted by atomic mass is 79.9. The molecule has 3 rings (SSSR count). The number of hydrogen-bond acceptors (Lipinski definition) is 10. The van der Waals surface area contributed by atoms with E-state index < -0.39 is 64.9 Å². The maximum atomic E-state index is 14.8. The van der Waals surface area contributed by atoms with Gasteiger partial charge in [-0.1, -0.05) is 32.9 Å². The Morgan fingerprint density at radius 3 is 2.19 bits per heavy atom. The van der Waals surface area contributed by atoms with Crippen LogP contribution < -0.4 is 0 Å². The zero-order valence-electron chi connectivity index (χ0n) is 23.2. The van der Waals surface area contributed by atoms with Gasteiger partial charge in [0.25, 0.3) is 0 Å². The fourth-order valence-corrected chi connectivity index (χ4v) is 5.31. The van der Waals surface area contributed by atoms with Gasteiger partial charge in [0.05, 0.1) is 12.7 Å². The summed E-state index contributed by atoms with van der Waals surface area (Å²) in [4.78, 5) is 35.5. The molecule has 0 amide bonds.